The molecule has 6 fully saturated rings. The van der Waals surface area contributed by atoms with Crippen LogP contribution in [0.15, 0.2) is 160 Å². The third-order valence-electron chi connectivity index (χ3n) is 23.0. The molecule has 12 N–H and O–H groups in total. The quantitative estimate of drug-likeness (QED) is 0.0128. The maximum Gasteiger partial charge on any atom is 0.408 e. The third kappa shape index (κ3) is 32.8. The van der Waals surface area contributed by atoms with Gasteiger partial charge in [0, 0.05) is 65.4 Å². The fraction of sp³-hybridized carbons (Fsp3) is 0.551. The zero-order valence-electron chi connectivity index (χ0n) is 77.9. The minimum absolute atomic E-state index is 0.0188. The summed E-state index contributed by atoms with van der Waals surface area (Å²) in [7, 11) is -18.5. The van der Waals surface area contributed by atoms with E-state index in [4.69, 9.17) is 66.6 Å². The maximum absolute atomic E-state index is 13.7. The number of carbonyl (C=O) groups is 4. The molecule has 0 aromatic heterocycles. The van der Waals surface area contributed by atoms with E-state index in [9.17, 15) is 87.9 Å². The molecule has 6 aliphatic rings. The van der Waals surface area contributed by atoms with Crippen LogP contribution in [0.25, 0.3) is 0 Å². The molecule has 0 spiro atoms. The number of alkyl carbamates (subject to hydrolysis) is 3. The van der Waals surface area contributed by atoms with Crippen molar-refractivity contribution < 1.29 is 155 Å². The van der Waals surface area contributed by atoms with Crippen LogP contribution in [0.1, 0.15) is 84.4 Å². The summed E-state index contributed by atoms with van der Waals surface area (Å²) in [4.78, 5) is 107. The number of nitrogens with one attached hydrogen (secondary N) is 4. The molecule has 3 amide bonds. The molecule has 0 radical (unpaired) electrons. The molecule has 6 aromatic rings. The van der Waals surface area contributed by atoms with Gasteiger partial charge in [-0.25, -0.2) is 39.6 Å². The lowest BCUT2D eigenvalue weighted by atomic mass is 10.0. The molecular weight excluding hydrogens is 1900 g/mol. The minimum Gasteiger partial charge on any atom is -0.497 e. The Morgan fingerprint density at radius 1 is 0.434 bits per heavy atom. The van der Waals surface area contributed by atoms with Crippen LogP contribution in [0.5, 0.6) is 17.2 Å². The van der Waals surface area contributed by atoms with E-state index in [1.165, 1.54) is 107 Å². The second kappa shape index (κ2) is 50.9. The highest BCUT2D eigenvalue weighted by molar-refractivity contribution is 7.89. The van der Waals surface area contributed by atoms with Crippen LogP contribution in [-0.4, -0.2) is 295 Å². The van der Waals surface area contributed by atoms with E-state index in [0.717, 1.165) is 17.5 Å². The molecule has 0 bridgehead atoms. The monoisotopic (exact) mass is 2030 g/mol. The summed E-state index contributed by atoms with van der Waals surface area (Å²) in [5.74, 6) is 0.755. The van der Waals surface area contributed by atoms with Crippen molar-refractivity contribution in [2.45, 2.75) is 170 Å². The van der Waals surface area contributed by atoms with E-state index in [0.29, 0.717) is 68.3 Å². The second-order valence-electron chi connectivity index (χ2n) is 35.1. The van der Waals surface area contributed by atoms with E-state index in [1.807, 2.05) is 48.5 Å². The highest BCUT2D eigenvalue weighted by Crippen LogP contribution is 2.39. The molecule has 47 heteroatoms. The maximum atomic E-state index is 13.7. The molecule has 6 aromatic carbocycles. The number of carbonyl (C=O) groups excluding carboxylic acids is 4. The largest absolute Gasteiger partial charge is 0.497 e. The first-order valence-corrected chi connectivity index (χ1v) is 53.4. The molecule has 6 heterocycles. The number of amides is 3. The topological polar surface area (TPSA) is 556 Å². The number of sulfonamides is 3. The third-order valence-corrected chi connectivity index (χ3v) is 31.4. The van der Waals surface area contributed by atoms with Crippen LogP contribution in [0.3, 0.4) is 0 Å². The number of aldehydes is 1. The standard InChI is InChI=1S/C30H44N3O11PS.C29H42N3O11PS.C23H34N2O8S.C7H9O3P/c1-20(2)15-33(46(39,40)24-11-7-22(41-4)8-12-24)18-27(34)26(31-30(35)44-28-19-43-29-25(28)13-14-42-29)17-32(3)16-21-5-9-23(10-6-21)45(36,37)38;1-19(2)16-32(45(38,39)23-10-6-21(40-3)7-11-23)17-26(33)25(15-30-14-20-4-8-22(9-5-20)44(35,36)37)31-29(34)43-27-18-42-28-24(27)12-13-41-28;1-15(2)11-25(34(28,29)18-7-5-17(30-4)6-8-18)12-16(3)20(13-26)24-23(27)33-21-14-32-22-19(21)9-10-31-22;1-6-2-4-7(5-3-6)11(8,9)10/h5-12,20,25-29,34H,13-19H2,1-4H3,(H,31,35)(H2,36,37,38);4-11,19,24-28,30,33H,12-18H2,1-3H3,(H,31,34)(H2,35,36,37);5-8,13,15-16,19-22H,9-12,14H2,1-4H3,(H,24,27);2-5H,1H3,(H2,8,9,10)/t25-,26-,27+,28-,29+;24-,25-,26+,27-,28+;16-,19+,20+,21+,22-;/m001./s1. The molecule has 136 heavy (non-hydrogen) atoms. The van der Waals surface area contributed by atoms with Gasteiger partial charge in [0.2, 0.25) is 30.1 Å². The Bertz CT molecular complexity index is 5330. The van der Waals surface area contributed by atoms with Crippen LogP contribution in [-0.2, 0) is 104 Å². The number of hydrogen-bond donors (Lipinski definition) is 12. The number of aliphatic hydroxyl groups excluding tert-OH is 2. The lowest BCUT2D eigenvalue weighted by Gasteiger charge is -2.32. The molecule has 12 rings (SSSR count). The highest BCUT2D eigenvalue weighted by atomic mass is 32.2. The first-order valence-electron chi connectivity index (χ1n) is 44.3. The predicted molar refractivity (Wildman–Crippen MR) is 497 cm³/mol. The van der Waals surface area contributed by atoms with Crippen molar-refractivity contribution in [3.05, 3.63) is 162 Å². The van der Waals surface area contributed by atoms with Crippen LogP contribution < -0.4 is 51.4 Å². The molecule has 0 aliphatic carbocycles. The van der Waals surface area contributed by atoms with E-state index >= 15 is 0 Å². The summed E-state index contributed by atoms with van der Waals surface area (Å²) < 4.78 is 184. The number of methoxy groups -OCH3 is 3. The smallest absolute Gasteiger partial charge is 0.408 e. The van der Waals surface area contributed by atoms with Crippen molar-refractivity contribution in [3.63, 3.8) is 0 Å². The zero-order valence-corrected chi connectivity index (χ0v) is 83.0. The first kappa shape index (κ1) is 112. The van der Waals surface area contributed by atoms with Crippen LogP contribution >= 0.6 is 22.8 Å². The lowest BCUT2D eigenvalue weighted by Crippen LogP contribution is -2.54. The Kier molecular flexibility index (Phi) is 41.8. The van der Waals surface area contributed by atoms with Crippen molar-refractivity contribution in [2.24, 2.45) is 41.4 Å². The summed E-state index contributed by atoms with van der Waals surface area (Å²) in [6.07, 6.45) is -4.98. The van der Waals surface area contributed by atoms with Gasteiger partial charge in [0.05, 0.1) is 140 Å². The van der Waals surface area contributed by atoms with E-state index < -0.39 is 138 Å². The predicted octanol–water partition coefficient (Wildman–Crippen LogP) is 5.48. The summed E-state index contributed by atoms with van der Waals surface area (Å²) in [5.41, 5.74) is 2.42. The fourth-order valence-electron chi connectivity index (χ4n) is 15.7. The summed E-state index contributed by atoms with van der Waals surface area (Å²) in [5, 5.41) is 33.9. The van der Waals surface area contributed by atoms with Gasteiger partial charge in [-0.05, 0) is 177 Å². The Morgan fingerprint density at radius 3 is 1.08 bits per heavy atom. The molecule has 6 aliphatic heterocycles. The second-order valence-corrected chi connectivity index (χ2v) is 45.8. The fourth-order valence-corrected chi connectivity index (χ4v) is 22.3. The summed E-state index contributed by atoms with van der Waals surface area (Å²) >= 11 is 0. The SMILES string of the molecule is COc1ccc(S(=O)(=O)N(CC(C)C)C[C@@H](C)[C@H](C=O)NC(=O)O[C@H]2CO[C@H]3OCC[C@H]32)cc1.COc1ccc(S(=O)(=O)N(CC(C)C)C[C@@H](O)[C@H](CN(C)Cc2ccc(P(=O)(O)O)cc2)NC(=O)O[C@H]2CO[C@H]3OCC[C@H]32)cc1.COc1ccc(S(=O)(=O)N(CC(C)C)C[C@@H](O)[C@H](CNCc2ccc(P(=O)(O)O)cc2)NC(=O)O[C@H]2CO[C@H]3OCC[C@H]32)cc1.Cc1ccc(P(=O)(O)O)cc1. The lowest BCUT2D eigenvalue weighted by molar-refractivity contribution is -0.110. The van der Waals surface area contributed by atoms with Gasteiger partial charge in [0.1, 0.15) is 41.8 Å². The van der Waals surface area contributed by atoms with Crippen molar-refractivity contribution in [3.8, 4) is 17.2 Å². The average molecular weight is 2030 g/mol. The van der Waals surface area contributed by atoms with Crippen molar-refractivity contribution in [2.75, 3.05) is 120 Å². The number of likely N-dealkylation sites (N-methyl/N-ethyl adjacent to an activating group) is 1. The van der Waals surface area contributed by atoms with Gasteiger partial charge in [-0.3, -0.25) is 18.6 Å². The number of benzene rings is 6. The number of aryl methyl sites for hydroxylation is 1. The Hall–Kier alpha value is -8.02. The Balaban J connectivity index is 0.000000218. The number of aliphatic hydroxyl groups is 2. The zero-order chi connectivity index (χ0) is 99.8. The number of hydrogen-bond acceptors (Lipinski definition) is 29. The summed E-state index contributed by atoms with van der Waals surface area (Å²) in [6.45, 7) is 17.6. The Morgan fingerprint density at radius 2 is 0.750 bits per heavy atom. The van der Waals surface area contributed by atoms with Gasteiger partial charge in [-0.15, -0.1) is 0 Å². The molecule has 756 valence electrons. The molecule has 0 unspecified atom stereocenters. The normalized spacial score (nSPS) is 21.3. The van der Waals surface area contributed by atoms with Crippen molar-refractivity contribution in [1.82, 2.24) is 39.1 Å². The number of nitrogens with zero attached hydrogens (tertiary/aromatic N) is 4. The minimum atomic E-state index is -4.39. The highest BCUT2D eigenvalue weighted by Gasteiger charge is 2.48. The van der Waals surface area contributed by atoms with Crippen LogP contribution in [0.4, 0.5) is 14.4 Å². The van der Waals surface area contributed by atoms with E-state index in [-0.39, 0.29) is 151 Å². The Labute approximate surface area is 793 Å². The first-order chi connectivity index (χ1) is 64.1. The van der Waals surface area contributed by atoms with E-state index in [1.54, 1.807) is 91.7 Å². The molecule has 0 saturated carbocycles. The van der Waals surface area contributed by atoms with Crippen molar-refractivity contribution in [1.29, 1.82) is 0 Å². The molecular formula is C89H129N8O33P3S3. The molecule has 41 nitrogen and oxygen atoms in total. The van der Waals surface area contributed by atoms with Gasteiger partial charge < -0.3 is 122 Å². The van der Waals surface area contributed by atoms with Gasteiger partial charge in [-0.2, -0.15) is 12.9 Å². The molecule has 15 atom stereocenters. The van der Waals surface area contributed by atoms with Crippen LogP contribution in [0, 0.1) is 48.3 Å². The summed E-state index contributed by atoms with van der Waals surface area (Å²) in [6, 6.07) is 33.1. The van der Waals surface area contributed by atoms with Gasteiger partial charge >= 0.3 is 41.1 Å². The van der Waals surface area contributed by atoms with E-state index in [2.05, 4.69) is 21.3 Å². The van der Waals surface area contributed by atoms with Gasteiger partial charge in [0.15, 0.2) is 18.9 Å². The number of fused-ring (bicyclic) bond motifs is 3. The average Bonchev–Trinajstić information content (AvgIpc) is 1.28. The number of rotatable bonds is 42. The van der Waals surface area contributed by atoms with Gasteiger partial charge in [0.25, 0.3) is 0 Å². The van der Waals surface area contributed by atoms with Crippen molar-refractivity contribution >= 4 is 93.3 Å². The molecule has 6 saturated heterocycles. The van der Waals surface area contributed by atoms with Gasteiger partial charge in [-0.1, -0.05) is 90.4 Å². The van der Waals surface area contributed by atoms with Crippen LogP contribution in [0.2, 0.25) is 0 Å². The number of ether oxygens (including phenoxy) is 12.